The van der Waals surface area contributed by atoms with E-state index in [1.807, 2.05) is 29.2 Å². The molecule has 0 radical (unpaired) electrons. The van der Waals surface area contributed by atoms with Gasteiger partial charge in [0.25, 0.3) is 5.91 Å². The van der Waals surface area contributed by atoms with Gasteiger partial charge in [-0.3, -0.25) is 4.79 Å². The van der Waals surface area contributed by atoms with E-state index in [-0.39, 0.29) is 31.4 Å². The summed E-state index contributed by atoms with van der Waals surface area (Å²) in [5, 5.41) is 0.485. The van der Waals surface area contributed by atoms with Crippen molar-refractivity contribution in [3.05, 3.63) is 100 Å². The van der Waals surface area contributed by atoms with Gasteiger partial charge >= 0.3 is 11.9 Å². The largest absolute Gasteiger partial charge is 0.493 e. The summed E-state index contributed by atoms with van der Waals surface area (Å²) in [6.45, 7) is 1.60. The minimum atomic E-state index is -0.412. The van der Waals surface area contributed by atoms with E-state index in [4.69, 9.17) is 31.5 Å². The van der Waals surface area contributed by atoms with Crippen molar-refractivity contribution in [3.8, 4) is 11.5 Å². The van der Waals surface area contributed by atoms with Crippen molar-refractivity contribution in [2.45, 2.75) is 31.5 Å². The molecular formula is C31H32ClN2O7-. The van der Waals surface area contributed by atoms with Gasteiger partial charge in [-0.05, 0) is 35.9 Å². The lowest BCUT2D eigenvalue weighted by molar-refractivity contribution is 0.0590. The molecule has 6 rings (SSSR count). The number of amides is 1. The number of ether oxygens (including phenoxy) is 4. The number of nitrogens with zero attached hydrogens (tertiary/aromatic N) is 1. The number of esters is 2. The first-order valence-corrected chi connectivity index (χ1v) is 13.2. The zero-order valence-electron chi connectivity index (χ0n) is 23.1. The lowest BCUT2D eigenvalue weighted by Gasteiger charge is -2.33. The van der Waals surface area contributed by atoms with Crippen LogP contribution in [0.5, 0.6) is 11.5 Å². The van der Waals surface area contributed by atoms with Gasteiger partial charge in [-0.15, -0.1) is 0 Å². The van der Waals surface area contributed by atoms with Crippen molar-refractivity contribution in [2.75, 3.05) is 27.4 Å². The van der Waals surface area contributed by atoms with Crippen LogP contribution in [0.2, 0.25) is 5.02 Å². The van der Waals surface area contributed by atoms with Crippen LogP contribution < -0.4 is 15.2 Å². The first-order chi connectivity index (χ1) is 19.3. The molecule has 0 aliphatic carbocycles. The van der Waals surface area contributed by atoms with Crippen molar-refractivity contribution in [1.29, 1.82) is 0 Å². The van der Waals surface area contributed by atoms with Gasteiger partial charge in [0.05, 0.1) is 55.2 Å². The molecule has 0 spiro atoms. The molecular weight excluding hydrogens is 548 g/mol. The minimum absolute atomic E-state index is 0. The van der Waals surface area contributed by atoms with Crippen LogP contribution in [0.25, 0.3) is 0 Å². The number of halogens is 1. The highest BCUT2D eigenvalue weighted by atomic mass is 35.5. The first-order valence-electron chi connectivity index (χ1n) is 12.9. The lowest BCUT2D eigenvalue weighted by Crippen LogP contribution is -2.33. The molecule has 2 atom stereocenters. The van der Waals surface area contributed by atoms with Gasteiger partial charge in [0.1, 0.15) is 11.5 Å². The molecule has 2 N–H and O–H groups in total. The molecule has 0 unspecified atom stereocenters. The molecule has 0 fully saturated rings. The quantitative estimate of drug-likeness (QED) is 0.328. The van der Waals surface area contributed by atoms with Crippen LogP contribution in [0.4, 0.5) is 0 Å². The SMILES string of the molecule is COC(=O)c1ccc2c(c1)OCC[C@H]2N.COC(=O)c1ccc2c(c1)OCC[C@H]2N1Cc2cccc(Cl)c2C1=O.[CH3-]. The second kappa shape index (κ2) is 12.6. The Kier molecular flexibility index (Phi) is 9.20. The molecule has 0 saturated carbocycles. The van der Waals surface area contributed by atoms with Crippen molar-refractivity contribution < 1.29 is 33.3 Å². The zero-order valence-corrected chi connectivity index (χ0v) is 23.9. The third-order valence-corrected chi connectivity index (χ3v) is 7.57. The predicted molar refractivity (Wildman–Crippen MR) is 153 cm³/mol. The smallest absolute Gasteiger partial charge is 0.337 e. The minimum Gasteiger partial charge on any atom is -0.493 e. The van der Waals surface area contributed by atoms with Crippen molar-refractivity contribution in [1.82, 2.24) is 4.90 Å². The van der Waals surface area contributed by atoms with Crippen LogP contribution in [0.1, 0.15) is 72.7 Å². The third-order valence-electron chi connectivity index (χ3n) is 7.25. The first kappa shape index (κ1) is 29.9. The zero-order chi connectivity index (χ0) is 28.4. The Morgan fingerprint density at radius 3 is 2.10 bits per heavy atom. The second-order valence-electron chi connectivity index (χ2n) is 9.59. The number of fused-ring (bicyclic) bond motifs is 3. The number of rotatable bonds is 3. The van der Waals surface area contributed by atoms with Gasteiger partial charge in [-0.2, -0.15) is 0 Å². The fourth-order valence-corrected chi connectivity index (χ4v) is 5.47. The van der Waals surface area contributed by atoms with Crippen molar-refractivity contribution in [3.63, 3.8) is 0 Å². The molecule has 9 nitrogen and oxygen atoms in total. The molecule has 1 amide bonds. The Hall–Kier alpha value is -4.08. The predicted octanol–water partition coefficient (Wildman–Crippen LogP) is 5.31. The number of methoxy groups -OCH3 is 2. The summed E-state index contributed by atoms with van der Waals surface area (Å²) >= 11 is 6.22. The Balaban J connectivity index is 0.000000208. The molecule has 3 aliphatic heterocycles. The molecule has 216 valence electrons. The van der Waals surface area contributed by atoms with E-state index < -0.39 is 5.97 Å². The summed E-state index contributed by atoms with van der Waals surface area (Å²) in [5.74, 6) is 0.478. The number of nitrogens with two attached hydrogens (primary N) is 1. The number of hydrogen-bond acceptors (Lipinski definition) is 8. The van der Waals surface area contributed by atoms with E-state index in [0.29, 0.717) is 59.4 Å². The molecule has 3 aromatic carbocycles. The molecule has 3 heterocycles. The maximum atomic E-state index is 12.9. The van der Waals surface area contributed by atoms with E-state index in [1.165, 1.54) is 14.2 Å². The Labute approximate surface area is 244 Å². The molecule has 0 bridgehead atoms. The fraction of sp³-hybridized carbons (Fsp3) is 0.290. The maximum Gasteiger partial charge on any atom is 0.337 e. The van der Waals surface area contributed by atoms with Crippen LogP contribution >= 0.6 is 11.6 Å². The Bertz CT molecular complexity index is 1470. The van der Waals surface area contributed by atoms with Gasteiger partial charge in [0, 0.05) is 36.6 Å². The fourth-order valence-electron chi connectivity index (χ4n) is 5.19. The van der Waals surface area contributed by atoms with Gasteiger partial charge < -0.3 is 37.0 Å². The summed E-state index contributed by atoms with van der Waals surface area (Å²) in [4.78, 5) is 37.7. The normalized spacial score (nSPS) is 18.1. The average molecular weight is 580 g/mol. The summed E-state index contributed by atoms with van der Waals surface area (Å²) in [7, 11) is 2.70. The van der Waals surface area contributed by atoms with Crippen LogP contribution in [0, 0.1) is 7.43 Å². The van der Waals surface area contributed by atoms with Crippen LogP contribution in [0.3, 0.4) is 0 Å². The van der Waals surface area contributed by atoms with E-state index in [9.17, 15) is 14.4 Å². The molecule has 0 saturated heterocycles. The van der Waals surface area contributed by atoms with E-state index in [2.05, 4.69) is 4.74 Å². The number of hydrogen-bond donors (Lipinski definition) is 1. The van der Waals surface area contributed by atoms with E-state index in [1.54, 1.807) is 30.3 Å². The Morgan fingerprint density at radius 2 is 1.49 bits per heavy atom. The highest BCUT2D eigenvalue weighted by Crippen LogP contribution is 2.41. The van der Waals surface area contributed by atoms with Gasteiger partial charge in [-0.1, -0.05) is 35.9 Å². The van der Waals surface area contributed by atoms with Crippen molar-refractivity contribution >= 4 is 29.4 Å². The molecule has 3 aliphatic rings. The maximum absolute atomic E-state index is 12.9. The van der Waals surface area contributed by atoms with Gasteiger partial charge in [0.15, 0.2) is 0 Å². The van der Waals surface area contributed by atoms with E-state index >= 15 is 0 Å². The van der Waals surface area contributed by atoms with Gasteiger partial charge in [0.2, 0.25) is 0 Å². The van der Waals surface area contributed by atoms with Crippen LogP contribution in [-0.4, -0.2) is 50.2 Å². The van der Waals surface area contributed by atoms with Gasteiger partial charge in [-0.25, -0.2) is 9.59 Å². The molecule has 10 heteroatoms. The summed E-state index contributed by atoms with van der Waals surface area (Å²) in [5.41, 5.74) is 10.2. The lowest BCUT2D eigenvalue weighted by atomic mass is 9.97. The molecule has 3 aromatic rings. The summed E-state index contributed by atoms with van der Waals surface area (Å²) in [6.07, 6.45) is 1.51. The number of carbonyl (C=O) groups is 3. The van der Waals surface area contributed by atoms with Crippen LogP contribution in [0.15, 0.2) is 54.6 Å². The summed E-state index contributed by atoms with van der Waals surface area (Å²) < 4.78 is 20.5. The number of carbonyl (C=O) groups excluding carboxylic acids is 3. The van der Waals surface area contributed by atoms with Crippen LogP contribution in [-0.2, 0) is 16.0 Å². The third kappa shape index (κ3) is 5.87. The summed E-state index contributed by atoms with van der Waals surface area (Å²) in [6, 6.07) is 15.8. The molecule has 0 aromatic heterocycles. The standard InChI is InChI=1S/C19H16ClNO4.C11H13NO3.CH3/c1-24-19(23)11-5-6-13-15(7-8-25-16(13)9-11)21-10-12-3-2-4-14(20)17(12)18(21)22;1-14-11(13)7-2-3-8-9(12)4-5-15-10(8)6-7;/h2-6,9,15H,7-8,10H2,1H3;2-3,6,9H,4-5,12H2,1H3;1H3/q;;-1/t15-;9-;/m11./s1. The monoisotopic (exact) mass is 579 g/mol. The highest BCUT2D eigenvalue weighted by molar-refractivity contribution is 6.34. The van der Waals surface area contributed by atoms with Crippen molar-refractivity contribution in [2.24, 2.45) is 5.73 Å². The topological polar surface area (TPSA) is 117 Å². The highest BCUT2D eigenvalue weighted by Gasteiger charge is 2.37. The molecule has 41 heavy (non-hydrogen) atoms. The second-order valence-corrected chi connectivity index (χ2v) is 10.00. The average Bonchev–Trinajstić information content (AvgIpc) is 3.33. The van der Waals surface area contributed by atoms with E-state index in [0.717, 1.165) is 23.1 Å². The number of benzene rings is 3. The Morgan fingerprint density at radius 1 is 0.902 bits per heavy atom.